The monoisotopic (exact) mass is 544 g/mol. The maximum absolute atomic E-state index is 5.99. The van der Waals surface area contributed by atoms with Crippen molar-refractivity contribution >= 4 is 40.9 Å². The van der Waals surface area contributed by atoms with E-state index in [0.717, 1.165) is 57.6 Å². The summed E-state index contributed by atoms with van der Waals surface area (Å²) >= 11 is 0. The van der Waals surface area contributed by atoms with Gasteiger partial charge in [0.25, 0.3) is 0 Å². The number of fused-ring (bicyclic) bond motifs is 1. The number of pyridine rings is 1. The Morgan fingerprint density at radius 3 is 2.56 bits per heavy atom. The van der Waals surface area contributed by atoms with Crippen LogP contribution in [0, 0.1) is 20.8 Å². The zero-order valence-electron chi connectivity index (χ0n) is 18.8. The third kappa shape index (κ3) is 5.29. The summed E-state index contributed by atoms with van der Waals surface area (Å²) in [7, 11) is 0. The molecule has 4 aromatic rings. The average Bonchev–Trinajstić information content (AvgIpc) is 3.29. The first kappa shape index (κ1) is 23.8. The van der Waals surface area contributed by atoms with Gasteiger partial charge in [-0.3, -0.25) is 0 Å². The van der Waals surface area contributed by atoms with Crippen molar-refractivity contribution in [1.82, 2.24) is 25.4 Å². The zero-order chi connectivity index (χ0) is 21.8. The molecule has 32 heavy (non-hydrogen) atoms. The van der Waals surface area contributed by atoms with Crippen molar-refractivity contribution < 1.29 is 4.42 Å². The summed E-state index contributed by atoms with van der Waals surface area (Å²) in [6.45, 7) is 10.0. The predicted octanol–water partition coefficient (Wildman–Crippen LogP) is 4.81. The van der Waals surface area contributed by atoms with E-state index in [4.69, 9.17) is 9.41 Å². The van der Waals surface area contributed by atoms with E-state index in [2.05, 4.69) is 33.7 Å². The molecule has 0 aliphatic heterocycles. The first-order chi connectivity index (χ1) is 15.0. The molecule has 2 N–H and O–H groups in total. The van der Waals surface area contributed by atoms with Crippen LogP contribution in [0.3, 0.4) is 0 Å². The maximum Gasteiger partial charge on any atom is 0.191 e. The standard InChI is InChI=1S/C24H28N6O.HI/c1-5-25-24(28-15-22-18(4)20-8-6-7-9-21(20)31-22)27-14-19-10-11-23(26-13-19)30-17(3)12-16(2)29-30;/h6-13H,5,14-15H2,1-4H3,(H2,25,27,28);1H. The largest absolute Gasteiger partial charge is 0.459 e. The molecule has 0 saturated heterocycles. The average molecular weight is 544 g/mol. The molecule has 3 aromatic heterocycles. The molecule has 0 fully saturated rings. The Labute approximate surface area is 205 Å². The van der Waals surface area contributed by atoms with Crippen LogP contribution in [0.15, 0.2) is 58.1 Å². The Hall–Kier alpha value is -2.88. The molecule has 0 saturated carbocycles. The van der Waals surface area contributed by atoms with Gasteiger partial charge in [0.2, 0.25) is 0 Å². The first-order valence-corrected chi connectivity index (χ1v) is 10.5. The van der Waals surface area contributed by atoms with Crippen molar-refractivity contribution in [1.29, 1.82) is 0 Å². The van der Waals surface area contributed by atoms with E-state index in [1.807, 2.05) is 68.0 Å². The number of aromatic nitrogens is 3. The molecule has 0 aliphatic rings. The predicted molar refractivity (Wildman–Crippen MR) is 139 cm³/mol. The maximum atomic E-state index is 5.99. The molecule has 0 aliphatic carbocycles. The van der Waals surface area contributed by atoms with E-state index in [1.165, 1.54) is 0 Å². The highest BCUT2D eigenvalue weighted by atomic mass is 127. The van der Waals surface area contributed by atoms with Crippen LogP contribution in [0.2, 0.25) is 0 Å². The number of aryl methyl sites for hydroxylation is 3. The van der Waals surface area contributed by atoms with Gasteiger partial charge in [-0.1, -0.05) is 24.3 Å². The highest BCUT2D eigenvalue weighted by Gasteiger charge is 2.10. The number of guanidine groups is 1. The molecule has 0 unspecified atom stereocenters. The summed E-state index contributed by atoms with van der Waals surface area (Å²) in [5.41, 5.74) is 5.14. The lowest BCUT2D eigenvalue weighted by Gasteiger charge is -2.11. The second-order valence-corrected chi connectivity index (χ2v) is 7.56. The first-order valence-electron chi connectivity index (χ1n) is 10.5. The van der Waals surface area contributed by atoms with Crippen LogP contribution in [0.5, 0.6) is 0 Å². The summed E-state index contributed by atoms with van der Waals surface area (Å²) in [4.78, 5) is 9.25. The SMILES string of the molecule is CCNC(=NCc1ccc(-n2nc(C)cc2C)nc1)NCc1oc2ccccc2c1C.I. The number of rotatable bonds is 6. The third-order valence-electron chi connectivity index (χ3n) is 5.16. The number of nitrogens with zero attached hydrogens (tertiary/aromatic N) is 4. The Morgan fingerprint density at radius 1 is 1.09 bits per heavy atom. The number of furan rings is 1. The Balaban J connectivity index is 0.00000289. The van der Waals surface area contributed by atoms with Crippen molar-refractivity contribution in [2.75, 3.05) is 6.54 Å². The molecule has 8 heteroatoms. The van der Waals surface area contributed by atoms with Crippen LogP contribution in [-0.4, -0.2) is 27.3 Å². The highest BCUT2D eigenvalue weighted by molar-refractivity contribution is 14.0. The quantitative estimate of drug-likeness (QED) is 0.207. The molecule has 7 nitrogen and oxygen atoms in total. The topological polar surface area (TPSA) is 80.3 Å². The highest BCUT2D eigenvalue weighted by Crippen LogP contribution is 2.24. The second kappa shape index (κ2) is 10.6. The van der Waals surface area contributed by atoms with Gasteiger partial charge >= 0.3 is 0 Å². The van der Waals surface area contributed by atoms with E-state index in [0.29, 0.717) is 13.1 Å². The number of para-hydroxylation sites is 1. The molecule has 4 rings (SSSR count). The van der Waals surface area contributed by atoms with Gasteiger partial charge in [0, 0.05) is 29.4 Å². The summed E-state index contributed by atoms with van der Waals surface area (Å²) in [6, 6.07) is 14.1. The molecule has 0 spiro atoms. The summed E-state index contributed by atoms with van der Waals surface area (Å²) in [5.74, 6) is 2.47. The second-order valence-electron chi connectivity index (χ2n) is 7.56. The van der Waals surface area contributed by atoms with Gasteiger partial charge in [-0.15, -0.1) is 24.0 Å². The lowest BCUT2D eigenvalue weighted by atomic mass is 10.1. The number of hydrogen-bond acceptors (Lipinski definition) is 4. The van der Waals surface area contributed by atoms with Gasteiger partial charge in [0.05, 0.1) is 18.8 Å². The molecule has 168 valence electrons. The minimum Gasteiger partial charge on any atom is -0.459 e. The van der Waals surface area contributed by atoms with Crippen molar-refractivity contribution in [2.24, 2.45) is 4.99 Å². The lowest BCUT2D eigenvalue weighted by molar-refractivity contribution is 0.534. The normalized spacial score (nSPS) is 11.4. The van der Waals surface area contributed by atoms with Crippen LogP contribution >= 0.6 is 24.0 Å². The van der Waals surface area contributed by atoms with E-state index in [-0.39, 0.29) is 24.0 Å². The van der Waals surface area contributed by atoms with Crippen molar-refractivity contribution in [3.05, 3.63) is 76.9 Å². The number of aliphatic imine (C=N–C) groups is 1. The summed E-state index contributed by atoms with van der Waals surface area (Å²) < 4.78 is 7.84. The van der Waals surface area contributed by atoms with Crippen LogP contribution < -0.4 is 10.6 Å². The molecular weight excluding hydrogens is 515 g/mol. The van der Waals surface area contributed by atoms with Gasteiger partial charge < -0.3 is 15.1 Å². The fourth-order valence-electron chi connectivity index (χ4n) is 3.57. The van der Waals surface area contributed by atoms with Gasteiger partial charge in [-0.25, -0.2) is 14.7 Å². The minimum absolute atomic E-state index is 0. The molecule has 0 amide bonds. The van der Waals surface area contributed by atoms with Crippen molar-refractivity contribution in [3.8, 4) is 5.82 Å². The zero-order valence-corrected chi connectivity index (χ0v) is 21.2. The molecule has 3 heterocycles. The number of halogens is 1. The summed E-state index contributed by atoms with van der Waals surface area (Å²) in [5, 5.41) is 12.3. The van der Waals surface area contributed by atoms with Crippen LogP contribution in [0.1, 0.15) is 35.2 Å². The van der Waals surface area contributed by atoms with Crippen LogP contribution in [0.25, 0.3) is 16.8 Å². The molecule has 1 aromatic carbocycles. The molecule has 0 atom stereocenters. The lowest BCUT2D eigenvalue weighted by Crippen LogP contribution is -2.36. The minimum atomic E-state index is 0. The molecular formula is C24H29IN6O. The fraction of sp³-hybridized carbons (Fsp3) is 0.292. The van der Waals surface area contributed by atoms with Crippen LogP contribution in [0.4, 0.5) is 0 Å². The van der Waals surface area contributed by atoms with E-state index < -0.39 is 0 Å². The molecule has 0 radical (unpaired) electrons. The van der Waals surface area contributed by atoms with Gasteiger partial charge in [-0.05, 0) is 51.5 Å². The number of benzene rings is 1. The van der Waals surface area contributed by atoms with Gasteiger partial charge in [-0.2, -0.15) is 5.10 Å². The summed E-state index contributed by atoms with van der Waals surface area (Å²) in [6.07, 6.45) is 1.85. The molecule has 0 bridgehead atoms. The number of hydrogen-bond donors (Lipinski definition) is 2. The van der Waals surface area contributed by atoms with Crippen LogP contribution in [-0.2, 0) is 13.1 Å². The number of nitrogens with one attached hydrogen (secondary N) is 2. The Kier molecular flexibility index (Phi) is 7.89. The van der Waals surface area contributed by atoms with Gasteiger partial charge in [0.1, 0.15) is 11.3 Å². The van der Waals surface area contributed by atoms with Crippen molar-refractivity contribution in [2.45, 2.75) is 40.8 Å². The smallest absolute Gasteiger partial charge is 0.191 e. The Morgan fingerprint density at radius 2 is 1.91 bits per heavy atom. The van der Waals surface area contributed by atoms with E-state index in [1.54, 1.807) is 0 Å². The van der Waals surface area contributed by atoms with Crippen molar-refractivity contribution in [3.63, 3.8) is 0 Å². The van der Waals surface area contributed by atoms with Gasteiger partial charge in [0.15, 0.2) is 11.8 Å². The fourth-order valence-corrected chi connectivity index (χ4v) is 3.57. The third-order valence-corrected chi connectivity index (χ3v) is 5.16. The van der Waals surface area contributed by atoms with E-state index >= 15 is 0 Å². The Bertz CT molecular complexity index is 1210. The van der Waals surface area contributed by atoms with E-state index in [9.17, 15) is 0 Å².